The third-order valence-electron chi connectivity index (χ3n) is 4.23. The van der Waals surface area contributed by atoms with E-state index in [4.69, 9.17) is 9.47 Å². The van der Waals surface area contributed by atoms with Crippen LogP contribution in [-0.2, 0) is 16.1 Å². The number of aliphatic hydroxyl groups excluding tert-OH is 1. The van der Waals surface area contributed by atoms with Crippen LogP contribution in [0.25, 0.3) is 0 Å². The largest absolute Gasteiger partial charge is 0.392 e. The minimum Gasteiger partial charge on any atom is -0.392 e. The summed E-state index contributed by atoms with van der Waals surface area (Å²) in [6.45, 7) is 1.60. The van der Waals surface area contributed by atoms with Crippen LogP contribution in [0.1, 0.15) is 42.7 Å². The Kier molecular flexibility index (Phi) is 3.37. The molecule has 1 heterocycles. The van der Waals surface area contributed by atoms with E-state index in [-0.39, 0.29) is 12.4 Å². The lowest BCUT2D eigenvalue weighted by molar-refractivity contribution is -0.178. The first kappa shape index (κ1) is 12.2. The third-order valence-corrected chi connectivity index (χ3v) is 4.23. The molecule has 1 saturated carbocycles. The van der Waals surface area contributed by atoms with E-state index >= 15 is 0 Å². The molecule has 1 saturated heterocycles. The fourth-order valence-electron chi connectivity index (χ4n) is 3.23. The molecule has 0 radical (unpaired) electrons. The van der Waals surface area contributed by atoms with Crippen LogP contribution in [0.15, 0.2) is 24.3 Å². The Morgan fingerprint density at radius 1 is 1.11 bits per heavy atom. The summed E-state index contributed by atoms with van der Waals surface area (Å²) in [4.78, 5) is 0. The predicted molar refractivity (Wildman–Crippen MR) is 68.2 cm³/mol. The van der Waals surface area contributed by atoms with Crippen LogP contribution < -0.4 is 0 Å². The van der Waals surface area contributed by atoms with Gasteiger partial charge in [-0.1, -0.05) is 24.3 Å². The molecular formula is C15H20O3. The first-order valence-corrected chi connectivity index (χ1v) is 6.80. The highest BCUT2D eigenvalue weighted by atomic mass is 16.7. The molecule has 0 atom stereocenters. The lowest BCUT2D eigenvalue weighted by Gasteiger charge is -2.36. The zero-order chi connectivity index (χ0) is 12.4. The van der Waals surface area contributed by atoms with Gasteiger partial charge in [0.1, 0.15) is 0 Å². The molecule has 0 unspecified atom stereocenters. The molecule has 2 aliphatic rings. The van der Waals surface area contributed by atoms with E-state index in [2.05, 4.69) is 12.1 Å². The maximum atomic E-state index is 9.40. The van der Waals surface area contributed by atoms with Gasteiger partial charge in [0, 0.05) is 12.8 Å². The van der Waals surface area contributed by atoms with E-state index < -0.39 is 0 Å². The molecule has 98 valence electrons. The van der Waals surface area contributed by atoms with E-state index in [1.165, 1.54) is 5.56 Å². The Morgan fingerprint density at radius 2 is 1.78 bits per heavy atom. The Labute approximate surface area is 108 Å². The molecule has 1 aromatic rings. The van der Waals surface area contributed by atoms with Crippen molar-refractivity contribution in [3.63, 3.8) is 0 Å². The van der Waals surface area contributed by atoms with Crippen molar-refractivity contribution >= 4 is 0 Å². The molecule has 0 bridgehead atoms. The monoisotopic (exact) mass is 248 g/mol. The Morgan fingerprint density at radius 3 is 2.44 bits per heavy atom. The van der Waals surface area contributed by atoms with Gasteiger partial charge in [0.15, 0.2) is 5.79 Å². The summed E-state index contributed by atoms with van der Waals surface area (Å²) in [6, 6.07) is 8.21. The highest BCUT2D eigenvalue weighted by molar-refractivity contribution is 5.30. The van der Waals surface area contributed by atoms with Gasteiger partial charge in [-0.15, -0.1) is 0 Å². The maximum absolute atomic E-state index is 9.40. The molecule has 3 heteroatoms. The molecule has 0 aromatic heterocycles. The van der Waals surface area contributed by atoms with Crippen LogP contribution in [0.4, 0.5) is 0 Å². The van der Waals surface area contributed by atoms with Crippen molar-refractivity contribution in [3.05, 3.63) is 35.4 Å². The van der Waals surface area contributed by atoms with Crippen LogP contribution in [0.3, 0.4) is 0 Å². The molecular weight excluding hydrogens is 228 g/mol. The van der Waals surface area contributed by atoms with Crippen LogP contribution >= 0.6 is 0 Å². The fraction of sp³-hybridized carbons (Fsp3) is 0.600. The summed E-state index contributed by atoms with van der Waals surface area (Å²) in [5, 5.41) is 9.40. The van der Waals surface area contributed by atoms with E-state index in [1.54, 1.807) is 0 Å². The standard InChI is InChI=1S/C15H20O3/c16-11-13-3-1-2-4-14(13)12-5-7-15(8-6-12)17-9-10-18-15/h1-4,12,16H,5-11H2. The number of benzene rings is 1. The Bertz CT molecular complexity index is 400. The first-order chi connectivity index (χ1) is 8.83. The maximum Gasteiger partial charge on any atom is 0.168 e. The molecule has 3 rings (SSSR count). The summed E-state index contributed by atoms with van der Waals surface area (Å²) in [6.07, 6.45) is 4.10. The molecule has 1 spiro atoms. The highest BCUT2D eigenvalue weighted by Gasteiger charge is 2.40. The second-order valence-electron chi connectivity index (χ2n) is 5.24. The lowest BCUT2D eigenvalue weighted by atomic mass is 9.79. The number of aliphatic hydroxyl groups is 1. The minimum atomic E-state index is -0.287. The van der Waals surface area contributed by atoms with Gasteiger partial charge in [-0.05, 0) is 29.9 Å². The number of rotatable bonds is 2. The van der Waals surface area contributed by atoms with E-state index in [1.807, 2.05) is 12.1 Å². The van der Waals surface area contributed by atoms with Crippen molar-refractivity contribution in [2.45, 2.75) is 44.0 Å². The van der Waals surface area contributed by atoms with Gasteiger partial charge in [0.05, 0.1) is 19.8 Å². The predicted octanol–water partition coefficient (Wildman–Crippen LogP) is 2.58. The third kappa shape index (κ3) is 2.18. The smallest absolute Gasteiger partial charge is 0.168 e. The van der Waals surface area contributed by atoms with Gasteiger partial charge in [-0.3, -0.25) is 0 Å². The molecule has 1 aliphatic heterocycles. The summed E-state index contributed by atoms with van der Waals surface area (Å²) >= 11 is 0. The summed E-state index contributed by atoms with van der Waals surface area (Å²) in [5.41, 5.74) is 2.36. The van der Waals surface area contributed by atoms with Gasteiger partial charge < -0.3 is 14.6 Å². The molecule has 1 aromatic carbocycles. The Balaban J connectivity index is 1.72. The molecule has 3 nitrogen and oxygen atoms in total. The van der Waals surface area contributed by atoms with Crippen molar-refractivity contribution in [1.29, 1.82) is 0 Å². The van der Waals surface area contributed by atoms with Crippen molar-refractivity contribution < 1.29 is 14.6 Å². The van der Waals surface area contributed by atoms with Gasteiger partial charge in [0.2, 0.25) is 0 Å². The topological polar surface area (TPSA) is 38.7 Å². The van der Waals surface area contributed by atoms with Crippen LogP contribution in [0.2, 0.25) is 0 Å². The van der Waals surface area contributed by atoms with Gasteiger partial charge >= 0.3 is 0 Å². The van der Waals surface area contributed by atoms with Crippen molar-refractivity contribution in [2.24, 2.45) is 0 Å². The molecule has 18 heavy (non-hydrogen) atoms. The molecule has 2 fully saturated rings. The average Bonchev–Trinajstić information content (AvgIpc) is 2.88. The first-order valence-electron chi connectivity index (χ1n) is 6.80. The zero-order valence-corrected chi connectivity index (χ0v) is 10.6. The van der Waals surface area contributed by atoms with Crippen LogP contribution in [0.5, 0.6) is 0 Å². The van der Waals surface area contributed by atoms with Crippen molar-refractivity contribution in [2.75, 3.05) is 13.2 Å². The summed E-state index contributed by atoms with van der Waals surface area (Å²) in [7, 11) is 0. The number of hydrogen-bond acceptors (Lipinski definition) is 3. The number of ether oxygens (including phenoxy) is 2. The minimum absolute atomic E-state index is 0.130. The SMILES string of the molecule is OCc1ccccc1C1CCC2(CC1)OCCO2. The fourth-order valence-corrected chi connectivity index (χ4v) is 3.23. The van der Waals surface area contributed by atoms with Crippen LogP contribution in [0, 0.1) is 0 Å². The highest BCUT2D eigenvalue weighted by Crippen LogP contribution is 2.42. The lowest BCUT2D eigenvalue weighted by Crippen LogP contribution is -2.34. The average molecular weight is 248 g/mol. The summed E-state index contributed by atoms with van der Waals surface area (Å²) < 4.78 is 11.5. The van der Waals surface area contributed by atoms with Gasteiger partial charge in [0.25, 0.3) is 0 Å². The van der Waals surface area contributed by atoms with E-state index in [0.717, 1.165) is 44.5 Å². The van der Waals surface area contributed by atoms with E-state index in [9.17, 15) is 5.11 Å². The molecule has 1 aliphatic carbocycles. The van der Waals surface area contributed by atoms with E-state index in [0.29, 0.717) is 5.92 Å². The van der Waals surface area contributed by atoms with Gasteiger partial charge in [-0.2, -0.15) is 0 Å². The summed E-state index contributed by atoms with van der Waals surface area (Å²) in [5.74, 6) is 0.247. The second-order valence-corrected chi connectivity index (χ2v) is 5.24. The van der Waals surface area contributed by atoms with Crippen molar-refractivity contribution in [1.82, 2.24) is 0 Å². The zero-order valence-electron chi connectivity index (χ0n) is 10.6. The number of hydrogen-bond donors (Lipinski definition) is 1. The molecule has 0 amide bonds. The van der Waals surface area contributed by atoms with Gasteiger partial charge in [-0.25, -0.2) is 0 Å². The molecule has 1 N–H and O–H groups in total. The Hall–Kier alpha value is -0.900. The normalized spacial score (nSPS) is 23.6. The van der Waals surface area contributed by atoms with Crippen LogP contribution in [-0.4, -0.2) is 24.1 Å². The quantitative estimate of drug-likeness (QED) is 0.874. The second kappa shape index (κ2) is 5.00. The van der Waals surface area contributed by atoms with Crippen molar-refractivity contribution in [3.8, 4) is 0 Å².